The normalized spacial score (nSPS) is 11.5. The van der Waals surface area contributed by atoms with Crippen molar-refractivity contribution in [3.8, 4) is 0 Å². The number of aromatic nitrogens is 2. The number of sulfonamides is 1. The molecule has 12 heavy (non-hydrogen) atoms. The molecule has 5 nitrogen and oxygen atoms in total. The van der Waals surface area contributed by atoms with Gasteiger partial charge in [0.1, 0.15) is 5.82 Å². The van der Waals surface area contributed by atoms with E-state index in [-0.39, 0.29) is 0 Å². The number of H-pyrrole nitrogens is 1. The second-order valence-electron chi connectivity index (χ2n) is 2.19. The SMILES string of the molecule is CSc1cn[nH]c1NS(C)(=O)=O. The third-order valence-corrected chi connectivity index (χ3v) is 2.44. The molecule has 0 atom stereocenters. The zero-order valence-corrected chi connectivity index (χ0v) is 8.29. The molecule has 0 spiro atoms. The van der Waals surface area contributed by atoms with Crippen molar-refractivity contribution in [1.82, 2.24) is 10.2 Å². The Morgan fingerprint density at radius 1 is 1.67 bits per heavy atom. The number of hydrogen-bond acceptors (Lipinski definition) is 4. The lowest BCUT2D eigenvalue weighted by molar-refractivity contribution is 0.606. The van der Waals surface area contributed by atoms with Gasteiger partial charge < -0.3 is 0 Å². The van der Waals surface area contributed by atoms with E-state index in [0.717, 1.165) is 11.2 Å². The molecular weight excluding hydrogens is 198 g/mol. The molecule has 0 aliphatic heterocycles. The number of nitrogens with one attached hydrogen (secondary N) is 2. The molecule has 1 aromatic rings. The summed E-state index contributed by atoms with van der Waals surface area (Å²) in [7, 11) is -3.21. The van der Waals surface area contributed by atoms with Crippen molar-refractivity contribution in [1.29, 1.82) is 0 Å². The Kier molecular flexibility index (Phi) is 2.63. The molecule has 0 aliphatic carbocycles. The molecular formula is C5H9N3O2S2. The van der Waals surface area contributed by atoms with Gasteiger partial charge in [0.15, 0.2) is 0 Å². The third kappa shape index (κ3) is 2.42. The van der Waals surface area contributed by atoms with E-state index in [1.165, 1.54) is 11.8 Å². The Bertz CT molecular complexity index is 357. The van der Waals surface area contributed by atoms with Crippen LogP contribution in [0.15, 0.2) is 11.1 Å². The lowest BCUT2D eigenvalue weighted by atomic mass is 10.7. The molecule has 1 rings (SSSR count). The van der Waals surface area contributed by atoms with Gasteiger partial charge in [0.2, 0.25) is 10.0 Å². The molecule has 0 saturated heterocycles. The monoisotopic (exact) mass is 207 g/mol. The zero-order chi connectivity index (χ0) is 9.19. The van der Waals surface area contributed by atoms with E-state index in [9.17, 15) is 8.42 Å². The minimum absolute atomic E-state index is 0.421. The highest BCUT2D eigenvalue weighted by atomic mass is 32.2. The lowest BCUT2D eigenvalue weighted by Crippen LogP contribution is -2.10. The van der Waals surface area contributed by atoms with Crippen LogP contribution >= 0.6 is 11.8 Å². The van der Waals surface area contributed by atoms with Crippen LogP contribution in [0.4, 0.5) is 5.82 Å². The maximum Gasteiger partial charge on any atom is 0.230 e. The number of hydrogen-bond donors (Lipinski definition) is 2. The van der Waals surface area contributed by atoms with Crippen LogP contribution in [0.3, 0.4) is 0 Å². The predicted molar refractivity (Wildman–Crippen MR) is 48.8 cm³/mol. The van der Waals surface area contributed by atoms with Gasteiger partial charge in [0.25, 0.3) is 0 Å². The highest BCUT2D eigenvalue weighted by Crippen LogP contribution is 2.22. The third-order valence-electron chi connectivity index (χ3n) is 1.11. The molecule has 0 saturated carbocycles. The Hall–Kier alpha value is -0.690. The van der Waals surface area contributed by atoms with Crippen LogP contribution in [0.2, 0.25) is 0 Å². The van der Waals surface area contributed by atoms with Crippen molar-refractivity contribution in [3.63, 3.8) is 0 Å². The first-order valence-corrected chi connectivity index (χ1v) is 6.19. The molecule has 0 aliphatic rings. The fourth-order valence-electron chi connectivity index (χ4n) is 0.688. The van der Waals surface area contributed by atoms with Crippen molar-refractivity contribution in [2.45, 2.75) is 4.90 Å². The largest absolute Gasteiger partial charge is 0.267 e. The maximum atomic E-state index is 10.8. The first kappa shape index (κ1) is 9.40. The van der Waals surface area contributed by atoms with Crippen LogP contribution in [0.25, 0.3) is 0 Å². The highest BCUT2D eigenvalue weighted by molar-refractivity contribution is 7.99. The maximum absolute atomic E-state index is 10.8. The van der Waals surface area contributed by atoms with Gasteiger partial charge in [0, 0.05) is 0 Å². The predicted octanol–water partition coefficient (Wildman–Crippen LogP) is 0.503. The summed E-state index contributed by atoms with van der Waals surface area (Å²) in [5.74, 6) is 0.421. The number of aromatic amines is 1. The van der Waals surface area contributed by atoms with Crippen LogP contribution in [-0.2, 0) is 10.0 Å². The average Bonchev–Trinajstić information content (AvgIpc) is 2.31. The molecule has 0 aromatic carbocycles. The van der Waals surface area contributed by atoms with Gasteiger partial charge in [-0.25, -0.2) is 8.42 Å². The number of nitrogens with zero attached hydrogens (tertiary/aromatic N) is 1. The van der Waals surface area contributed by atoms with Crippen molar-refractivity contribution in [3.05, 3.63) is 6.20 Å². The Morgan fingerprint density at radius 3 is 2.83 bits per heavy atom. The smallest absolute Gasteiger partial charge is 0.230 e. The number of rotatable bonds is 3. The first-order chi connectivity index (χ1) is 5.53. The zero-order valence-electron chi connectivity index (χ0n) is 6.66. The molecule has 2 N–H and O–H groups in total. The molecule has 0 unspecified atom stereocenters. The summed E-state index contributed by atoms with van der Waals surface area (Å²) in [5, 5.41) is 6.26. The van der Waals surface area contributed by atoms with E-state index in [2.05, 4.69) is 14.9 Å². The van der Waals surface area contributed by atoms with E-state index >= 15 is 0 Å². The van der Waals surface area contributed by atoms with Crippen molar-refractivity contribution >= 4 is 27.6 Å². The van der Waals surface area contributed by atoms with Crippen LogP contribution in [0.5, 0.6) is 0 Å². The Balaban J connectivity index is 2.89. The van der Waals surface area contributed by atoms with Gasteiger partial charge in [0.05, 0.1) is 17.3 Å². The van der Waals surface area contributed by atoms with Gasteiger partial charge >= 0.3 is 0 Å². The number of anilines is 1. The van der Waals surface area contributed by atoms with Crippen LogP contribution in [-0.4, -0.2) is 31.1 Å². The van der Waals surface area contributed by atoms with Gasteiger partial charge in [-0.3, -0.25) is 9.82 Å². The second kappa shape index (κ2) is 3.36. The van der Waals surface area contributed by atoms with E-state index < -0.39 is 10.0 Å². The molecule has 0 bridgehead atoms. The quantitative estimate of drug-likeness (QED) is 0.708. The Morgan fingerprint density at radius 2 is 2.33 bits per heavy atom. The van der Waals surface area contributed by atoms with Gasteiger partial charge in [-0.1, -0.05) is 0 Å². The van der Waals surface area contributed by atoms with Crippen LogP contribution in [0.1, 0.15) is 0 Å². The second-order valence-corrected chi connectivity index (χ2v) is 4.78. The summed E-state index contributed by atoms with van der Waals surface area (Å²) in [6.07, 6.45) is 4.51. The summed E-state index contributed by atoms with van der Waals surface area (Å²) >= 11 is 1.42. The van der Waals surface area contributed by atoms with Crippen molar-refractivity contribution in [2.24, 2.45) is 0 Å². The van der Waals surface area contributed by atoms with Crippen LogP contribution in [0, 0.1) is 0 Å². The van der Waals surface area contributed by atoms with E-state index in [1.54, 1.807) is 6.20 Å². The molecule has 0 radical (unpaired) electrons. The summed E-state index contributed by atoms with van der Waals surface area (Å²) in [6, 6.07) is 0. The minimum Gasteiger partial charge on any atom is -0.267 e. The van der Waals surface area contributed by atoms with Gasteiger partial charge in [-0.15, -0.1) is 11.8 Å². The highest BCUT2D eigenvalue weighted by Gasteiger charge is 2.07. The fourth-order valence-corrected chi connectivity index (χ4v) is 1.74. The van der Waals surface area contributed by atoms with Crippen molar-refractivity contribution in [2.75, 3.05) is 17.2 Å². The lowest BCUT2D eigenvalue weighted by Gasteiger charge is -2.00. The summed E-state index contributed by atoms with van der Waals surface area (Å²) in [6.45, 7) is 0. The van der Waals surface area contributed by atoms with Crippen molar-refractivity contribution < 1.29 is 8.42 Å². The molecule has 7 heteroatoms. The summed E-state index contributed by atoms with van der Waals surface area (Å²) in [4.78, 5) is 0.778. The van der Waals surface area contributed by atoms with Gasteiger partial charge in [-0.05, 0) is 6.26 Å². The van der Waals surface area contributed by atoms with E-state index in [1.807, 2.05) is 6.26 Å². The standard InChI is InChI=1S/C5H9N3O2S2/c1-11-4-3-6-7-5(4)8-12(2,9)10/h3H,1-2H3,(H2,6,7,8). The number of thioether (sulfide) groups is 1. The minimum atomic E-state index is -3.21. The molecule has 0 amide bonds. The topological polar surface area (TPSA) is 74.8 Å². The Labute approximate surface area is 75.0 Å². The van der Waals surface area contributed by atoms with E-state index in [0.29, 0.717) is 5.82 Å². The molecule has 1 heterocycles. The van der Waals surface area contributed by atoms with E-state index in [4.69, 9.17) is 0 Å². The fraction of sp³-hybridized carbons (Fsp3) is 0.400. The first-order valence-electron chi connectivity index (χ1n) is 3.08. The summed E-state index contributed by atoms with van der Waals surface area (Å²) in [5.41, 5.74) is 0. The average molecular weight is 207 g/mol. The van der Waals surface area contributed by atoms with Gasteiger partial charge in [-0.2, -0.15) is 5.10 Å². The summed E-state index contributed by atoms with van der Waals surface area (Å²) < 4.78 is 23.9. The molecule has 0 fully saturated rings. The molecule has 1 aromatic heterocycles. The molecule has 68 valence electrons. The van der Waals surface area contributed by atoms with Crippen LogP contribution < -0.4 is 4.72 Å².